The summed E-state index contributed by atoms with van der Waals surface area (Å²) in [6, 6.07) is 3.69. The zero-order chi connectivity index (χ0) is 10.1. The van der Waals surface area contributed by atoms with Crippen LogP contribution in [0.2, 0.25) is 0 Å². The van der Waals surface area contributed by atoms with E-state index in [9.17, 15) is 0 Å². The third kappa shape index (κ3) is 1.82. The molecule has 1 aromatic rings. The molecule has 2 N–H and O–H groups in total. The van der Waals surface area contributed by atoms with Crippen LogP contribution >= 0.6 is 0 Å². The van der Waals surface area contributed by atoms with E-state index in [2.05, 4.69) is 27.5 Å². The van der Waals surface area contributed by atoms with Gasteiger partial charge < -0.3 is 10.3 Å². The van der Waals surface area contributed by atoms with Crippen LogP contribution in [0.4, 0.5) is 0 Å². The zero-order valence-corrected chi connectivity index (χ0v) is 9.08. The van der Waals surface area contributed by atoms with Gasteiger partial charge in [-0.05, 0) is 37.4 Å². The second-order valence-electron chi connectivity index (χ2n) is 4.74. The van der Waals surface area contributed by atoms with Gasteiger partial charge in [-0.15, -0.1) is 0 Å². The van der Waals surface area contributed by atoms with E-state index in [1.165, 1.54) is 37.9 Å². The molecule has 2 fully saturated rings. The molecule has 0 aliphatic carbocycles. The number of hydrogen-bond acceptors (Lipinski definition) is 2. The first-order valence-corrected chi connectivity index (χ1v) is 6.02. The third-order valence-electron chi connectivity index (χ3n) is 3.84. The fraction of sp³-hybridized carbons (Fsp3) is 0.667. The van der Waals surface area contributed by atoms with Crippen LogP contribution in [0.3, 0.4) is 0 Å². The Balaban J connectivity index is 1.55. The van der Waals surface area contributed by atoms with Crippen molar-refractivity contribution in [3.8, 4) is 0 Å². The summed E-state index contributed by atoms with van der Waals surface area (Å²) in [7, 11) is 0. The lowest BCUT2D eigenvalue weighted by molar-refractivity contribution is 0.298. The predicted octanol–water partition coefficient (Wildman–Crippen LogP) is 1.34. The Morgan fingerprint density at radius 1 is 1.40 bits per heavy atom. The maximum atomic E-state index is 3.69. The second kappa shape index (κ2) is 3.99. The first kappa shape index (κ1) is 9.43. The quantitative estimate of drug-likeness (QED) is 0.780. The van der Waals surface area contributed by atoms with Crippen molar-refractivity contribution in [1.82, 2.24) is 15.2 Å². The molecular formula is C12H19N3. The number of aromatic amines is 1. The molecule has 2 aliphatic heterocycles. The van der Waals surface area contributed by atoms with E-state index in [4.69, 9.17) is 0 Å². The van der Waals surface area contributed by atoms with E-state index in [1.807, 2.05) is 6.20 Å². The molecule has 3 nitrogen and oxygen atoms in total. The number of aromatic nitrogens is 1. The van der Waals surface area contributed by atoms with E-state index < -0.39 is 0 Å². The highest BCUT2D eigenvalue weighted by molar-refractivity contribution is 5.08. The molecule has 3 rings (SSSR count). The van der Waals surface area contributed by atoms with Crippen LogP contribution in [-0.4, -0.2) is 35.1 Å². The Morgan fingerprint density at radius 3 is 3.27 bits per heavy atom. The Labute approximate surface area is 90.9 Å². The fourth-order valence-corrected chi connectivity index (χ4v) is 3.04. The SMILES string of the molecule is c1cc(CNC2CCN3CCCC23)c[nH]1. The highest BCUT2D eigenvalue weighted by atomic mass is 15.2. The molecule has 0 spiro atoms. The summed E-state index contributed by atoms with van der Waals surface area (Å²) in [5.74, 6) is 0. The van der Waals surface area contributed by atoms with Crippen LogP contribution in [0.5, 0.6) is 0 Å². The Morgan fingerprint density at radius 2 is 2.40 bits per heavy atom. The van der Waals surface area contributed by atoms with Crippen LogP contribution in [0.15, 0.2) is 18.5 Å². The smallest absolute Gasteiger partial charge is 0.0250 e. The van der Waals surface area contributed by atoms with Gasteiger partial charge in [0.2, 0.25) is 0 Å². The van der Waals surface area contributed by atoms with E-state index in [-0.39, 0.29) is 0 Å². The largest absolute Gasteiger partial charge is 0.367 e. The lowest BCUT2D eigenvalue weighted by atomic mass is 10.1. The molecule has 1 aromatic heterocycles. The Bertz CT molecular complexity index is 307. The van der Waals surface area contributed by atoms with E-state index >= 15 is 0 Å². The van der Waals surface area contributed by atoms with Crippen molar-refractivity contribution in [2.75, 3.05) is 13.1 Å². The van der Waals surface area contributed by atoms with Crippen LogP contribution in [0.25, 0.3) is 0 Å². The minimum Gasteiger partial charge on any atom is -0.367 e. The average molecular weight is 205 g/mol. The summed E-state index contributed by atoms with van der Waals surface area (Å²) in [6.45, 7) is 3.64. The maximum Gasteiger partial charge on any atom is 0.0250 e. The fourth-order valence-electron chi connectivity index (χ4n) is 3.04. The van der Waals surface area contributed by atoms with Gasteiger partial charge in [-0.3, -0.25) is 4.90 Å². The molecule has 0 aromatic carbocycles. The van der Waals surface area contributed by atoms with Gasteiger partial charge in [-0.1, -0.05) is 0 Å². The van der Waals surface area contributed by atoms with Crippen molar-refractivity contribution in [3.05, 3.63) is 24.0 Å². The van der Waals surface area contributed by atoms with Gasteiger partial charge in [-0.25, -0.2) is 0 Å². The molecule has 2 atom stereocenters. The van der Waals surface area contributed by atoms with Crippen molar-refractivity contribution >= 4 is 0 Å². The molecule has 2 saturated heterocycles. The maximum absolute atomic E-state index is 3.69. The highest BCUT2D eigenvalue weighted by Crippen LogP contribution is 2.27. The normalized spacial score (nSPS) is 30.9. The molecule has 0 radical (unpaired) electrons. The van der Waals surface area contributed by atoms with Crippen molar-refractivity contribution in [2.45, 2.75) is 37.9 Å². The summed E-state index contributed by atoms with van der Waals surface area (Å²) in [4.78, 5) is 5.75. The Kier molecular flexibility index (Phi) is 2.51. The van der Waals surface area contributed by atoms with Crippen LogP contribution in [-0.2, 0) is 6.54 Å². The average Bonchev–Trinajstić information content (AvgIpc) is 2.93. The number of nitrogens with zero attached hydrogens (tertiary/aromatic N) is 1. The number of nitrogens with one attached hydrogen (secondary N) is 2. The minimum absolute atomic E-state index is 0.724. The topological polar surface area (TPSA) is 31.1 Å². The van der Waals surface area contributed by atoms with Crippen molar-refractivity contribution in [2.24, 2.45) is 0 Å². The van der Waals surface area contributed by atoms with Gasteiger partial charge in [0.15, 0.2) is 0 Å². The standard InChI is InChI=1S/C12H19N3/c1-2-12-11(4-7-15(12)6-1)14-9-10-3-5-13-8-10/h3,5,8,11-14H,1-2,4,6-7,9H2. The molecule has 82 valence electrons. The number of fused-ring (bicyclic) bond motifs is 1. The molecule has 0 saturated carbocycles. The van der Waals surface area contributed by atoms with Gasteiger partial charge in [0.25, 0.3) is 0 Å². The monoisotopic (exact) mass is 205 g/mol. The Hall–Kier alpha value is -0.800. The first-order chi connectivity index (χ1) is 7.43. The molecular weight excluding hydrogens is 186 g/mol. The van der Waals surface area contributed by atoms with Crippen molar-refractivity contribution < 1.29 is 0 Å². The number of H-pyrrole nitrogens is 1. The van der Waals surface area contributed by atoms with Gasteiger partial charge >= 0.3 is 0 Å². The van der Waals surface area contributed by atoms with Crippen LogP contribution in [0.1, 0.15) is 24.8 Å². The molecule has 0 bridgehead atoms. The van der Waals surface area contributed by atoms with Crippen LogP contribution < -0.4 is 5.32 Å². The summed E-state index contributed by atoms with van der Waals surface area (Å²) in [5, 5.41) is 3.69. The lowest BCUT2D eigenvalue weighted by Crippen LogP contribution is -2.38. The van der Waals surface area contributed by atoms with E-state index in [0.717, 1.165) is 18.6 Å². The molecule has 0 amide bonds. The van der Waals surface area contributed by atoms with Gasteiger partial charge in [0.05, 0.1) is 0 Å². The second-order valence-corrected chi connectivity index (χ2v) is 4.74. The summed E-state index contributed by atoms with van der Waals surface area (Å²) >= 11 is 0. The number of rotatable bonds is 3. The third-order valence-corrected chi connectivity index (χ3v) is 3.84. The summed E-state index contributed by atoms with van der Waals surface area (Å²) in [5.41, 5.74) is 1.37. The lowest BCUT2D eigenvalue weighted by Gasteiger charge is -2.21. The van der Waals surface area contributed by atoms with Crippen LogP contribution in [0, 0.1) is 0 Å². The molecule has 3 heteroatoms. The summed E-state index contributed by atoms with van der Waals surface area (Å²) in [6.07, 6.45) is 8.19. The first-order valence-electron chi connectivity index (χ1n) is 6.02. The van der Waals surface area contributed by atoms with Gasteiger partial charge in [0.1, 0.15) is 0 Å². The van der Waals surface area contributed by atoms with E-state index in [1.54, 1.807) is 0 Å². The molecule has 15 heavy (non-hydrogen) atoms. The highest BCUT2D eigenvalue weighted by Gasteiger charge is 2.36. The molecule has 2 unspecified atom stereocenters. The van der Waals surface area contributed by atoms with E-state index in [0.29, 0.717) is 0 Å². The molecule has 3 heterocycles. The number of hydrogen-bond donors (Lipinski definition) is 2. The predicted molar refractivity (Wildman–Crippen MR) is 60.6 cm³/mol. The summed E-state index contributed by atoms with van der Waals surface area (Å²) < 4.78 is 0. The zero-order valence-electron chi connectivity index (χ0n) is 9.08. The van der Waals surface area contributed by atoms with Gasteiger partial charge in [0, 0.05) is 37.6 Å². The molecule has 2 aliphatic rings. The van der Waals surface area contributed by atoms with Crippen molar-refractivity contribution in [3.63, 3.8) is 0 Å². The van der Waals surface area contributed by atoms with Gasteiger partial charge in [-0.2, -0.15) is 0 Å². The van der Waals surface area contributed by atoms with Crippen molar-refractivity contribution in [1.29, 1.82) is 0 Å². The minimum atomic E-state index is 0.724.